The second-order valence-electron chi connectivity index (χ2n) is 5.27. The van der Waals surface area contributed by atoms with E-state index in [1.807, 2.05) is 0 Å². The van der Waals surface area contributed by atoms with Crippen LogP contribution in [0.25, 0.3) is 11.1 Å². The highest BCUT2D eigenvalue weighted by molar-refractivity contribution is 6.07. The molecule has 0 atom stereocenters. The Labute approximate surface area is 147 Å². The molecule has 8 heteroatoms. The van der Waals surface area contributed by atoms with E-state index in [4.69, 9.17) is 4.42 Å². The third-order valence-corrected chi connectivity index (χ3v) is 3.63. The van der Waals surface area contributed by atoms with Crippen LogP contribution in [0.3, 0.4) is 0 Å². The number of benzene rings is 2. The van der Waals surface area contributed by atoms with Gasteiger partial charge in [-0.25, -0.2) is 14.6 Å². The molecule has 8 nitrogen and oxygen atoms in total. The molecule has 0 saturated carbocycles. The number of aromatic nitrogens is 1. The van der Waals surface area contributed by atoms with Crippen molar-refractivity contribution in [3.63, 3.8) is 0 Å². The van der Waals surface area contributed by atoms with Gasteiger partial charge in [0, 0.05) is 11.3 Å². The van der Waals surface area contributed by atoms with Crippen molar-refractivity contribution in [2.75, 3.05) is 19.5 Å². The van der Waals surface area contributed by atoms with Gasteiger partial charge in [-0.15, -0.1) is 0 Å². The van der Waals surface area contributed by atoms with E-state index in [0.717, 1.165) is 0 Å². The largest absolute Gasteiger partial charge is 0.465 e. The molecule has 0 fully saturated rings. The second kappa shape index (κ2) is 7.06. The number of carbonyl (C=O) groups excluding carboxylic acids is 3. The summed E-state index contributed by atoms with van der Waals surface area (Å²) in [5.74, 6) is -1.72. The number of amides is 1. The zero-order valence-corrected chi connectivity index (χ0v) is 13.9. The number of methoxy groups -OCH3 is 2. The fraction of sp³-hybridized carbons (Fsp3) is 0.111. The Morgan fingerprint density at radius 2 is 1.58 bits per heavy atom. The van der Waals surface area contributed by atoms with Gasteiger partial charge in [-0.05, 0) is 36.4 Å². The molecule has 0 unspecified atom stereocenters. The molecule has 1 heterocycles. The lowest BCUT2D eigenvalue weighted by molar-refractivity contribution is 0.0599. The minimum Gasteiger partial charge on any atom is -0.465 e. The Balaban J connectivity index is 1.93. The molecule has 2 aromatic carbocycles. The maximum atomic E-state index is 12.5. The number of anilines is 1. The van der Waals surface area contributed by atoms with Crippen molar-refractivity contribution in [1.82, 2.24) is 4.98 Å². The highest BCUT2D eigenvalue weighted by Crippen LogP contribution is 2.19. The van der Waals surface area contributed by atoms with E-state index < -0.39 is 17.8 Å². The molecular weight excluding hydrogens is 340 g/mol. The van der Waals surface area contributed by atoms with E-state index in [9.17, 15) is 14.4 Å². The van der Waals surface area contributed by atoms with E-state index in [2.05, 4.69) is 19.8 Å². The SMILES string of the molecule is COC(=O)c1cc(NC(=O)c2ccc3ocnc3c2)cc(C(=O)OC)c1. The molecule has 0 aliphatic heterocycles. The summed E-state index contributed by atoms with van der Waals surface area (Å²) < 4.78 is 14.5. The van der Waals surface area contributed by atoms with Crippen LogP contribution in [0.5, 0.6) is 0 Å². The van der Waals surface area contributed by atoms with Crippen LogP contribution in [-0.4, -0.2) is 37.0 Å². The van der Waals surface area contributed by atoms with E-state index in [1.54, 1.807) is 18.2 Å². The van der Waals surface area contributed by atoms with Crippen LogP contribution in [-0.2, 0) is 9.47 Å². The molecule has 0 aliphatic carbocycles. The molecule has 26 heavy (non-hydrogen) atoms. The molecule has 0 bridgehead atoms. The van der Waals surface area contributed by atoms with Crippen molar-refractivity contribution < 1.29 is 28.3 Å². The van der Waals surface area contributed by atoms with Crippen LogP contribution in [0.1, 0.15) is 31.1 Å². The number of carbonyl (C=O) groups is 3. The van der Waals surface area contributed by atoms with E-state index in [1.165, 1.54) is 38.8 Å². The molecule has 3 aromatic rings. The fourth-order valence-corrected chi connectivity index (χ4v) is 2.37. The van der Waals surface area contributed by atoms with Crippen molar-refractivity contribution in [2.45, 2.75) is 0 Å². The van der Waals surface area contributed by atoms with Crippen LogP contribution < -0.4 is 5.32 Å². The molecule has 0 spiro atoms. The maximum absolute atomic E-state index is 12.5. The molecule has 0 saturated heterocycles. The zero-order valence-electron chi connectivity index (χ0n) is 13.9. The molecule has 132 valence electrons. The van der Waals surface area contributed by atoms with Crippen LogP contribution in [0, 0.1) is 0 Å². The summed E-state index contributed by atoms with van der Waals surface area (Å²) in [6, 6.07) is 8.92. The predicted octanol–water partition coefficient (Wildman–Crippen LogP) is 2.65. The quantitative estimate of drug-likeness (QED) is 0.718. The van der Waals surface area contributed by atoms with Crippen LogP contribution in [0.2, 0.25) is 0 Å². The van der Waals surface area contributed by atoms with E-state index in [0.29, 0.717) is 16.7 Å². The van der Waals surface area contributed by atoms with Crippen molar-refractivity contribution in [1.29, 1.82) is 0 Å². The fourth-order valence-electron chi connectivity index (χ4n) is 2.37. The van der Waals surface area contributed by atoms with Crippen LogP contribution >= 0.6 is 0 Å². The lowest BCUT2D eigenvalue weighted by atomic mass is 10.1. The summed E-state index contributed by atoms with van der Waals surface area (Å²) in [6.45, 7) is 0. The third-order valence-electron chi connectivity index (χ3n) is 3.63. The Hall–Kier alpha value is -3.68. The van der Waals surface area contributed by atoms with Gasteiger partial charge in [-0.1, -0.05) is 0 Å². The van der Waals surface area contributed by atoms with Crippen molar-refractivity contribution in [3.05, 3.63) is 59.5 Å². The summed E-state index contributed by atoms with van der Waals surface area (Å²) in [5, 5.41) is 2.64. The maximum Gasteiger partial charge on any atom is 0.337 e. The Morgan fingerprint density at radius 3 is 2.19 bits per heavy atom. The first-order chi connectivity index (χ1) is 12.5. The average Bonchev–Trinajstić information content (AvgIpc) is 3.14. The zero-order chi connectivity index (χ0) is 18.7. The van der Waals surface area contributed by atoms with Gasteiger partial charge in [0.15, 0.2) is 12.0 Å². The topological polar surface area (TPSA) is 108 Å². The number of hydrogen-bond donors (Lipinski definition) is 1. The Kier molecular flexibility index (Phi) is 4.66. The number of hydrogen-bond acceptors (Lipinski definition) is 7. The second-order valence-corrected chi connectivity index (χ2v) is 5.27. The first kappa shape index (κ1) is 17.2. The predicted molar refractivity (Wildman–Crippen MR) is 91.1 cm³/mol. The average molecular weight is 354 g/mol. The number of esters is 2. The summed E-state index contributed by atoms with van der Waals surface area (Å²) in [7, 11) is 2.44. The lowest BCUT2D eigenvalue weighted by Gasteiger charge is -2.09. The van der Waals surface area contributed by atoms with Crippen molar-refractivity contribution in [3.8, 4) is 0 Å². The third kappa shape index (κ3) is 3.39. The highest BCUT2D eigenvalue weighted by atomic mass is 16.5. The normalized spacial score (nSPS) is 10.4. The molecule has 0 aliphatic rings. The van der Waals surface area contributed by atoms with Crippen LogP contribution in [0.15, 0.2) is 47.2 Å². The van der Waals surface area contributed by atoms with Gasteiger partial charge in [0.25, 0.3) is 5.91 Å². The monoisotopic (exact) mass is 354 g/mol. The van der Waals surface area contributed by atoms with Gasteiger partial charge in [-0.3, -0.25) is 4.79 Å². The molecular formula is C18H14N2O6. The lowest BCUT2D eigenvalue weighted by Crippen LogP contribution is -2.14. The Bertz CT molecular complexity index is 974. The van der Waals surface area contributed by atoms with Gasteiger partial charge in [0.05, 0.1) is 25.3 Å². The van der Waals surface area contributed by atoms with Gasteiger partial charge < -0.3 is 19.2 Å². The molecule has 3 rings (SSSR count). The standard InChI is InChI=1S/C18H14N2O6/c1-24-17(22)11-5-12(18(23)25-2)7-13(6-11)20-16(21)10-3-4-15-14(8-10)19-9-26-15/h3-9H,1-2H3,(H,20,21). The molecule has 1 N–H and O–H groups in total. The number of oxazole rings is 1. The number of nitrogens with one attached hydrogen (secondary N) is 1. The summed E-state index contributed by atoms with van der Waals surface area (Å²) >= 11 is 0. The van der Waals surface area contributed by atoms with E-state index >= 15 is 0 Å². The van der Waals surface area contributed by atoms with E-state index in [-0.39, 0.29) is 16.8 Å². The minimum absolute atomic E-state index is 0.109. The van der Waals surface area contributed by atoms with Gasteiger partial charge in [0.1, 0.15) is 5.52 Å². The molecule has 1 amide bonds. The van der Waals surface area contributed by atoms with Gasteiger partial charge >= 0.3 is 11.9 Å². The summed E-state index contributed by atoms with van der Waals surface area (Å²) in [5.41, 5.74) is 1.90. The molecule has 0 radical (unpaired) electrons. The summed E-state index contributed by atoms with van der Waals surface area (Å²) in [6.07, 6.45) is 1.29. The van der Waals surface area contributed by atoms with Crippen molar-refractivity contribution in [2.24, 2.45) is 0 Å². The van der Waals surface area contributed by atoms with Gasteiger partial charge in [-0.2, -0.15) is 0 Å². The first-order valence-electron chi connectivity index (χ1n) is 7.48. The number of ether oxygens (including phenoxy) is 2. The highest BCUT2D eigenvalue weighted by Gasteiger charge is 2.16. The summed E-state index contributed by atoms with van der Waals surface area (Å²) in [4.78, 5) is 40.1. The smallest absolute Gasteiger partial charge is 0.337 e. The first-order valence-corrected chi connectivity index (χ1v) is 7.48. The van der Waals surface area contributed by atoms with Crippen LogP contribution in [0.4, 0.5) is 5.69 Å². The van der Waals surface area contributed by atoms with Gasteiger partial charge in [0.2, 0.25) is 0 Å². The minimum atomic E-state index is -0.643. The van der Waals surface area contributed by atoms with Crippen molar-refractivity contribution >= 4 is 34.6 Å². The number of fused-ring (bicyclic) bond motifs is 1. The number of nitrogens with zero attached hydrogens (tertiary/aromatic N) is 1. The Morgan fingerprint density at radius 1 is 0.923 bits per heavy atom. The number of rotatable bonds is 4. The molecule has 1 aromatic heterocycles.